The standard InChI is InChI=1S/3C9H15ClO2.Fe/c3*1-5(2)8(11)7(10)9(12)6(3)4;/h3*5-6,11H,1-4H3;/q;;;+3/p-3/b3*8-7+;. The molecule has 0 saturated heterocycles. The van der Waals surface area contributed by atoms with Gasteiger partial charge in [0.15, 0.2) is 17.3 Å². The van der Waals surface area contributed by atoms with Gasteiger partial charge in [0.05, 0.1) is 15.1 Å². The summed E-state index contributed by atoms with van der Waals surface area (Å²) < 4.78 is 0. The summed E-state index contributed by atoms with van der Waals surface area (Å²) in [6.45, 7) is 20.6. The second-order valence-electron chi connectivity index (χ2n) is 10.1. The predicted octanol–water partition coefficient (Wildman–Crippen LogP) is 5.03. The van der Waals surface area contributed by atoms with Crippen LogP contribution < -0.4 is 15.3 Å². The number of carbonyl (C=O) groups excluding carboxylic acids is 3. The van der Waals surface area contributed by atoms with E-state index in [9.17, 15) is 29.7 Å². The number of hydrogen-bond donors (Lipinski definition) is 0. The minimum absolute atomic E-state index is 0. The van der Waals surface area contributed by atoms with E-state index in [1.807, 2.05) is 0 Å². The Morgan fingerprint density at radius 3 is 0.622 bits per heavy atom. The maximum atomic E-state index is 11.2. The summed E-state index contributed by atoms with van der Waals surface area (Å²) >= 11 is 16.8. The van der Waals surface area contributed by atoms with Gasteiger partial charge < -0.3 is 15.3 Å². The van der Waals surface area contributed by atoms with E-state index < -0.39 is 0 Å². The van der Waals surface area contributed by atoms with Crippen LogP contribution in [0, 0.1) is 35.5 Å². The molecule has 6 nitrogen and oxygen atoms in total. The molecule has 0 atom stereocenters. The first kappa shape index (κ1) is 43.1. The molecule has 0 aromatic heterocycles. The van der Waals surface area contributed by atoms with E-state index in [2.05, 4.69) is 0 Å². The summed E-state index contributed by atoms with van der Waals surface area (Å²) in [5, 5.41) is 33.2. The third-order valence-corrected chi connectivity index (χ3v) is 5.56. The molecule has 10 heteroatoms. The molecule has 0 heterocycles. The van der Waals surface area contributed by atoms with Crippen LogP contribution in [0.3, 0.4) is 0 Å². The van der Waals surface area contributed by atoms with Gasteiger partial charge in [-0.1, -0.05) is 118 Å². The Bertz CT molecular complexity index is 730. The minimum atomic E-state index is -0.268. The van der Waals surface area contributed by atoms with Crippen LogP contribution in [0.25, 0.3) is 0 Å². The zero-order valence-electron chi connectivity index (χ0n) is 23.9. The average molecular weight is 625 g/mol. The Labute approximate surface area is 249 Å². The first-order chi connectivity index (χ1) is 16.1. The van der Waals surface area contributed by atoms with E-state index in [1.165, 1.54) is 0 Å². The van der Waals surface area contributed by atoms with Crippen molar-refractivity contribution in [3.63, 3.8) is 0 Å². The molecule has 215 valence electrons. The van der Waals surface area contributed by atoms with Gasteiger partial charge in [-0.05, 0) is 17.8 Å². The summed E-state index contributed by atoms with van der Waals surface area (Å²) in [7, 11) is 0. The Morgan fingerprint density at radius 1 is 0.405 bits per heavy atom. The Balaban J connectivity index is -0.000000218. The summed E-state index contributed by atoms with van der Waals surface area (Å²) in [5.74, 6) is -2.86. The molecule has 0 N–H and O–H groups in total. The maximum absolute atomic E-state index is 11.2. The Kier molecular flexibility index (Phi) is 24.4. The number of ketones is 3. The van der Waals surface area contributed by atoms with E-state index in [0.29, 0.717) is 0 Å². The maximum Gasteiger partial charge on any atom is 3.00 e. The summed E-state index contributed by atoms with van der Waals surface area (Å²) in [5.41, 5.74) is 0. The normalized spacial score (nSPS) is 13.2. The number of carbonyl (C=O) groups is 3. The van der Waals surface area contributed by atoms with Crippen LogP contribution in [0.2, 0.25) is 0 Å². The molecule has 0 aliphatic heterocycles. The van der Waals surface area contributed by atoms with Crippen LogP contribution in [-0.2, 0) is 31.5 Å². The van der Waals surface area contributed by atoms with E-state index in [0.717, 1.165) is 0 Å². The number of hydrogen-bond acceptors (Lipinski definition) is 6. The third-order valence-electron chi connectivity index (χ3n) is 4.44. The quantitative estimate of drug-likeness (QED) is 0.202. The van der Waals surface area contributed by atoms with Crippen LogP contribution in [-0.4, -0.2) is 17.3 Å². The molecular formula is C27H42Cl3FeO6. The number of rotatable bonds is 9. The van der Waals surface area contributed by atoms with Gasteiger partial charge in [0.1, 0.15) is 0 Å². The number of halogens is 3. The van der Waals surface area contributed by atoms with Gasteiger partial charge >= 0.3 is 17.1 Å². The second kappa shape index (κ2) is 20.9. The molecule has 0 aliphatic carbocycles. The molecule has 0 saturated carbocycles. The summed E-state index contributed by atoms with van der Waals surface area (Å²) in [6.07, 6.45) is 0. The van der Waals surface area contributed by atoms with Crippen LogP contribution in [0.1, 0.15) is 83.1 Å². The molecule has 0 bridgehead atoms. The predicted molar refractivity (Wildman–Crippen MR) is 143 cm³/mol. The average Bonchev–Trinajstić information content (AvgIpc) is 2.79. The largest absolute Gasteiger partial charge is 3.00 e. The van der Waals surface area contributed by atoms with Crippen molar-refractivity contribution >= 4 is 52.2 Å². The van der Waals surface area contributed by atoms with Gasteiger partial charge in [0, 0.05) is 17.8 Å². The van der Waals surface area contributed by atoms with Crippen molar-refractivity contribution in [1.29, 1.82) is 0 Å². The molecule has 1 radical (unpaired) electrons. The molecule has 0 amide bonds. The van der Waals surface area contributed by atoms with Crippen molar-refractivity contribution in [2.75, 3.05) is 0 Å². The van der Waals surface area contributed by atoms with Crippen LogP contribution >= 0.6 is 34.8 Å². The fourth-order valence-corrected chi connectivity index (χ4v) is 3.19. The van der Waals surface area contributed by atoms with Crippen molar-refractivity contribution in [3.8, 4) is 0 Å². The number of Topliss-reactive ketones (excluding diaryl/α,β-unsaturated/α-hetero) is 3. The molecule has 0 fully saturated rings. The zero-order valence-corrected chi connectivity index (χ0v) is 27.3. The first-order valence-corrected chi connectivity index (χ1v) is 13.1. The van der Waals surface area contributed by atoms with E-state index >= 15 is 0 Å². The van der Waals surface area contributed by atoms with Crippen molar-refractivity contribution < 1.29 is 46.8 Å². The monoisotopic (exact) mass is 623 g/mol. The second-order valence-corrected chi connectivity index (χ2v) is 11.2. The van der Waals surface area contributed by atoms with Crippen molar-refractivity contribution in [2.45, 2.75) is 83.1 Å². The van der Waals surface area contributed by atoms with Gasteiger partial charge in [-0.2, -0.15) is 0 Å². The topological polar surface area (TPSA) is 120 Å². The van der Waals surface area contributed by atoms with E-state index in [-0.39, 0.29) is 102 Å². The first-order valence-electron chi connectivity index (χ1n) is 12.0. The molecule has 37 heavy (non-hydrogen) atoms. The van der Waals surface area contributed by atoms with Gasteiger partial charge in [0.25, 0.3) is 0 Å². The SMILES string of the molecule is CC(C)C(=O)/C(Cl)=C(\[O-])C(C)C.CC(C)C(=O)/C(Cl)=C(\[O-])C(C)C.CC(C)C(=O)/C(Cl)=C(\[O-])C(C)C.[Fe+3]. The molecular weight excluding hydrogens is 582 g/mol. The molecule has 0 aromatic carbocycles. The van der Waals surface area contributed by atoms with E-state index in [4.69, 9.17) is 34.8 Å². The third kappa shape index (κ3) is 17.3. The van der Waals surface area contributed by atoms with Crippen molar-refractivity contribution in [2.24, 2.45) is 35.5 Å². The molecule has 0 aromatic rings. The fraction of sp³-hybridized carbons (Fsp3) is 0.667. The smallest absolute Gasteiger partial charge is 0.874 e. The van der Waals surface area contributed by atoms with Crippen molar-refractivity contribution in [1.82, 2.24) is 0 Å². The van der Waals surface area contributed by atoms with Gasteiger partial charge in [-0.3, -0.25) is 14.4 Å². The molecule has 0 unspecified atom stereocenters. The molecule has 0 rings (SSSR count). The van der Waals surface area contributed by atoms with E-state index in [1.54, 1.807) is 83.1 Å². The zero-order chi connectivity index (χ0) is 29.7. The fourth-order valence-electron chi connectivity index (χ4n) is 1.88. The van der Waals surface area contributed by atoms with Crippen LogP contribution in [0.4, 0.5) is 0 Å². The van der Waals surface area contributed by atoms with Crippen LogP contribution in [0.5, 0.6) is 0 Å². The Hall–Kier alpha value is -0.981. The summed E-state index contributed by atoms with van der Waals surface area (Å²) in [4.78, 5) is 33.6. The van der Waals surface area contributed by atoms with Crippen molar-refractivity contribution in [3.05, 3.63) is 32.4 Å². The van der Waals surface area contributed by atoms with Crippen LogP contribution in [0.15, 0.2) is 32.4 Å². The van der Waals surface area contributed by atoms with Gasteiger partial charge in [0.2, 0.25) is 0 Å². The van der Waals surface area contributed by atoms with Gasteiger partial charge in [-0.15, -0.1) is 17.3 Å². The summed E-state index contributed by atoms with van der Waals surface area (Å²) in [6, 6.07) is 0. The number of allylic oxidation sites excluding steroid dienone is 6. The molecule has 0 aliphatic rings. The minimum Gasteiger partial charge on any atom is -0.874 e. The molecule has 0 spiro atoms. The van der Waals surface area contributed by atoms with Gasteiger partial charge in [-0.25, -0.2) is 0 Å². The Morgan fingerprint density at radius 2 is 0.541 bits per heavy atom.